The molecule has 10 nitrogen and oxygen atoms in total. The highest BCUT2D eigenvalue weighted by atomic mass is 32.2. The van der Waals surface area contributed by atoms with Gasteiger partial charge in [-0.3, -0.25) is 13.8 Å². The van der Waals surface area contributed by atoms with Crippen LogP contribution in [-0.4, -0.2) is 44.0 Å². The first kappa shape index (κ1) is 28.5. The summed E-state index contributed by atoms with van der Waals surface area (Å²) in [4.78, 5) is 13.2. The molecule has 0 heterocycles. The van der Waals surface area contributed by atoms with Crippen molar-refractivity contribution >= 4 is 43.0 Å². The number of benzene rings is 4. The third kappa shape index (κ3) is 6.03. The summed E-state index contributed by atoms with van der Waals surface area (Å²) in [5.41, 5.74) is 0.844. The normalized spacial score (nSPS) is 11.4. The molecule has 0 saturated carbocycles. The molecule has 0 aliphatic heterocycles. The number of rotatable bonds is 10. The van der Waals surface area contributed by atoms with Crippen molar-refractivity contribution in [2.24, 2.45) is 0 Å². The van der Waals surface area contributed by atoms with E-state index in [1.165, 1.54) is 75.9 Å². The first-order chi connectivity index (χ1) is 19.1. The summed E-state index contributed by atoms with van der Waals surface area (Å²) < 4.78 is 66.1. The Bertz CT molecular complexity index is 1730. The first-order valence-corrected chi connectivity index (χ1v) is 14.8. The number of amides is 1. The number of para-hydroxylation sites is 1. The quantitative estimate of drug-likeness (QED) is 0.280. The van der Waals surface area contributed by atoms with Crippen LogP contribution in [0.1, 0.15) is 10.4 Å². The summed E-state index contributed by atoms with van der Waals surface area (Å²) in [6.45, 7) is 0. The van der Waals surface area contributed by atoms with Crippen molar-refractivity contribution < 1.29 is 31.1 Å². The number of carbonyl (C=O) groups excluding carboxylic acids is 1. The van der Waals surface area contributed by atoms with Crippen molar-refractivity contribution in [2.45, 2.75) is 9.79 Å². The molecule has 0 atom stereocenters. The van der Waals surface area contributed by atoms with Gasteiger partial charge in [0.25, 0.3) is 26.0 Å². The Morgan fingerprint density at radius 3 is 2.05 bits per heavy atom. The molecular formula is C28H27N3O7S2. The predicted molar refractivity (Wildman–Crippen MR) is 153 cm³/mol. The molecule has 0 radical (unpaired) electrons. The maximum Gasteiger partial charge on any atom is 0.264 e. The van der Waals surface area contributed by atoms with Crippen molar-refractivity contribution in [2.75, 3.05) is 35.6 Å². The predicted octanol–water partition coefficient (Wildman–Crippen LogP) is 4.58. The molecule has 0 fully saturated rings. The van der Waals surface area contributed by atoms with Gasteiger partial charge in [0.1, 0.15) is 11.5 Å². The van der Waals surface area contributed by atoms with Crippen LogP contribution in [0.2, 0.25) is 0 Å². The molecule has 0 aliphatic rings. The van der Waals surface area contributed by atoms with E-state index in [0.29, 0.717) is 11.4 Å². The zero-order valence-corrected chi connectivity index (χ0v) is 23.5. The van der Waals surface area contributed by atoms with E-state index in [-0.39, 0.29) is 32.5 Å². The van der Waals surface area contributed by atoms with E-state index >= 15 is 0 Å². The van der Waals surface area contributed by atoms with Crippen LogP contribution in [0.5, 0.6) is 11.5 Å². The average Bonchev–Trinajstić information content (AvgIpc) is 2.97. The maximum atomic E-state index is 13.2. The molecule has 4 aromatic carbocycles. The van der Waals surface area contributed by atoms with Gasteiger partial charge in [-0.15, -0.1) is 0 Å². The highest BCUT2D eigenvalue weighted by Gasteiger charge is 2.25. The van der Waals surface area contributed by atoms with Crippen LogP contribution >= 0.6 is 0 Å². The molecule has 40 heavy (non-hydrogen) atoms. The lowest BCUT2D eigenvalue weighted by Crippen LogP contribution is -2.29. The number of ether oxygens (including phenoxy) is 2. The molecule has 4 aromatic rings. The monoisotopic (exact) mass is 581 g/mol. The minimum absolute atomic E-state index is 0.0440. The summed E-state index contributed by atoms with van der Waals surface area (Å²) >= 11 is 0. The Morgan fingerprint density at radius 1 is 0.750 bits per heavy atom. The topological polar surface area (TPSA) is 131 Å². The minimum Gasteiger partial charge on any atom is -0.497 e. The summed E-state index contributed by atoms with van der Waals surface area (Å²) in [5.74, 6) is 0.220. The number of anilines is 3. The molecular weight excluding hydrogens is 554 g/mol. The summed E-state index contributed by atoms with van der Waals surface area (Å²) in [6, 6.07) is 24.4. The molecule has 0 bridgehead atoms. The Hall–Kier alpha value is -4.55. The van der Waals surface area contributed by atoms with E-state index < -0.39 is 26.0 Å². The second-order valence-electron chi connectivity index (χ2n) is 8.45. The van der Waals surface area contributed by atoms with E-state index in [9.17, 15) is 21.6 Å². The van der Waals surface area contributed by atoms with Gasteiger partial charge in [0, 0.05) is 18.8 Å². The second kappa shape index (κ2) is 11.7. The lowest BCUT2D eigenvalue weighted by Gasteiger charge is -2.22. The molecule has 0 spiro atoms. The molecule has 0 unspecified atom stereocenters. The lowest BCUT2D eigenvalue weighted by molar-refractivity contribution is 0.102. The van der Waals surface area contributed by atoms with E-state index in [4.69, 9.17) is 9.47 Å². The molecule has 0 aromatic heterocycles. The smallest absolute Gasteiger partial charge is 0.264 e. The van der Waals surface area contributed by atoms with Crippen LogP contribution < -0.4 is 23.8 Å². The fourth-order valence-corrected chi connectivity index (χ4v) is 6.13. The second-order valence-corrected chi connectivity index (χ2v) is 12.1. The summed E-state index contributed by atoms with van der Waals surface area (Å²) in [5, 5.41) is 2.69. The number of hydrogen-bond donors (Lipinski definition) is 2. The van der Waals surface area contributed by atoms with Gasteiger partial charge in [-0.2, -0.15) is 0 Å². The Labute approximate surface area is 233 Å². The van der Waals surface area contributed by atoms with Crippen LogP contribution in [-0.2, 0) is 20.0 Å². The maximum absolute atomic E-state index is 13.2. The largest absolute Gasteiger partial charge is 0.497 e. The van der Waals surface area contributed by atoms with E-state index in [1.807, 2.05) is 0 Å². The van der Waals surface area contributed by atoms with E-state index in [1.54, 1.807) is 42.5 Å². The van der Waals surface area contributed by atoms with Crippen molar-refractivity contribution in [3.8, 4) is 11.5 Å². The molecule has 4 rings (SSSR count). The number of nitrogens with zero attached hydrogens (tertiary/aromatic N) is 1. The Kier molecular flexibility index (Phi) is 8.31. The third-order valence-electron chi connectivity index (χ3n) is 5.97. The van der Waals surface area contributed by atoms with Gasteiger partial charge in [0.05, 0.1) is 40.9 Å². The molecule has 1 amide bonds. The Balaban J connectivity index is 1.53. The van der Waals surface area contributed by atoms with Crippen molar-refractivity contribution in [1.29, 1.82) is 0 Å². The van der Waals surface area contributed by atoms with Crippen LogP contribution in [0.3, 0.4) is 0 Å². The SMILES string of the molecule is COc1ccc(NS(=O)(=O)c2ccc(NC(=O)c3ccccc3N(C)S(=O)(=O)c3ccccc3)cc2)c(OC)c1. The van der Waals surface area contributed by atoms with Crippen molar-refractivity contribution in [3.63, 3.8) is 0 Å². The number of hydrogen-bond acceptors (Lipinski definition) is 7. The molecule has 208 valence electrons. The van der Waals surface area contributed by atoms with Gasteiger partial charge in [-0.05, 0) is 60.7 Å². The number of nitrogens with one attached hydrogen (secondary N) is 2. The van der Waals surface area contributed by atoms with Crippen LogP contribution in [0.15, 0.2) is 107 Å². The van der Waals surface area contributed by atoms with Crippen LogP contribution in [0.4, 0.5) is 17.1 Å². The molecule has 0 saturated heterocycles. The van der Waals surface area contributed by atoms with Crippen LogP contribution in [0.25, 0.3) is 0 Å². The van der Waals surface area contributed by atoms with Gasteiger partial charge in [0.15, 0.2) is 0 Å². The number of carbonyl (C=O) groups is 1. The third-order valence-corrected chi connectivity index (χ3v) is 9.13. The lowest BCUT2D eigenvalue weighted by atomic mass is 10.1. The fraction of sp³-hybridized carbons (Fsp3) is 0.107. The summed E-state index contributed by atoms with van der Waals surface area (Å²) in [7, 11) is -3.62. The van der Waals surface area contributed by atoms with Gasteiger partial charge in [-0.25, -0.2) is 16.8 Å². The molecule has 0 aliphatic carbocycles. The van der Waals surface area contributed by atoms with E-state index in [0.717, 1.165) is 4.31 Å². The van der Waals surface area contributed by atoms with Gasteiger partial charge < -0.3 is 14.8 Å². The zero-order chi connectivity index (χ0) is 28.9. The highest BCUT2D eigenvalue weighted by Crippen LogP contribution is 2.31. The number of methoxy groups -OCH3 is 2. The van der Waals surface area contributed by atoms with Gasteiger partial charge in [-0.1, -0.05) is 30.3 Å². The molecule has 2 N–H and O–H groups in total. The average molecular weight is 582 g/mol. The zero-order valence-electron chi connectivity index (χ0n) is 21.9. The fourth-order valence-electron chi connectivity index (χ4n) is 3.82. The summed E-state index contributed by atoms with van der Waals surface area (Å²) in [6.07, 6.45) is 0. The van der Waals surface area contributed by atoms with Gasteiger partial charge in [0.2, 0.25) is 0 Å². The van der Waals surface area contributed by atoms with Crippen LogP contribution in [0, 0.1) is 0 Å². The minimum atomic E-state index is -3.98. The number of sulfonamides is 2. The van der Waals surface area contributed by atoms with Crippen molar-refractivity contribution in [3.05, 3.63) is 103 Å². The highest BCUT2D eigenvalue weighted by molar-refractivity contribution is 7.93. The van der Waals surface area contributed by atoms with Gasteiger partial charge >= 0.3 is 0 Å². The van der Waals surface area contributed by atoms with Crippen molar-refractivity contribution in [1.82, 2.24) is 0 Å². The standard InChI is InChI=1S/C28H27N3O7S2/c1-31(40(35,36)23-9-5-4-6-10-23)26-12-8-7-11-24(26)28(32)29-20-13-16-22(17-14-20)39(33,34)30-25-18-15-21(37-2)19-27(25)38-3/h4-19,30H,1-3H3,(H,29,32). The first-order valence-electron chi connectivity index (χ1n) is 11.9. The van der Waals surface area contributed by atoms with E-state index in [2.05, 4.69) is 10.0 Å². The molecule has 12 heteroatoms. The Morgan fingerprint density at radius 2 is 1.40 bits per heavy atom.